The molecular formula is C10H7NO. The van der Waals surface area contributed by atoms with Crippen LogP contribution in [-0.4, -0.2) is 11.6 Å². The van der Waals surface area contributed by atoms with Gasteiger partial charge in [-0.25, -0.2) is 4.99 Å². The van der Waals surface area contributed by atoms with Gasteiger partial charge in [0.1, 0.15) is 0 Å². The number of allylic oxidation sites excluding steroid dienone is 1. The van der Waals surface area contributed by atoms with E-state index in [0.29, 0.717) is 0 Å². The predicted octanol–water partition coefficient (Wildman–Crippen LogP) is 1.57. The Morgan fingerprint density at radius 1 is 1.00 bits per heavy atom. The molecule has 2 rings (SSSR count). The normalized spacial score (nSPS) is 15.0. The largest absolute Gasteiger partial charge is 0.270 e. The van der Waals surface area contributed by atoms with E-state index in [1.54, 1.807) is 6.08 Å². The van der Waals surface area contributed by atoms with Gasteiger partial charge in [-0.3, -0.25) is 4.79 Å². The number of carbonyl (C=O) groups excluding carboxylic acids is 1. The molecule has 2 nitrogen and oxygen atoms in total. The van der Waals surface area contributed by atoms with E-state index in [1.165, 1.54) is 6.08 Å². The topological polar surface area (TPSA) is 29.4 Å². The van der Waals surface area contributed by atoms with Crippen molar-refractivity contribution in [3.63, 3.8) is 0 Å². The summed E-state index contributed by atoms with van der Waals surface area (Å²) in [4.78, 5) is 14.6. The molecular weight excluding hydrogens is 150 g/mol. The number of hydrogen-bond donors (Lipinski definition) is 0. The molecule has 2 heteroatoms. The Labute approximate surface area is 70.3 Å². The second-order valence-electron chi connectivity index (χ2n) is 2.53. The lowest BCUT2D eigenvalue weighted by molar-refractivity contribution is -0.113. The zero-order valence-electron chi connectivity index (χ0n) is 6.40. The fraction of sp³-hybridized carbons (Fsp3) is 0. The third kappa shape index (κ3) is 1.19. The van der Waals surface area contributed by atoms with Gasteiger partial charge >= 0.3 is 0 Å². The maximum Gasteiger partial charge on any atom is 0.270 e. The lowest BCUT2D eigenvalue weighted by Crippen LogP contribution is -1.93. The van der Waals surface area contributed by atoms with Crippen LogP contribution in [0.5, 0.6) is 0 Å². The average molecular weight is 157 g/mol. The molecule has 1 aromatic rings. The van der Waals surface area contributed by atoms with Gasteiger partial charge in [0.05, 0.1) is 5.71 Å². The third-order valence-corrected chi connectivity index (χ3v) is 1.68. The summed E-state index contributed by atoms with van der Waals surface area (Å²) in [7, 11) is 0. The van der Waals surface area contributed by atoms with E-state index in [2.05, 4.69) is 4.99 Å². The van der Waals surface area contributed by atoms with Crippen LogP contribution in [0.3, 0.4) is 0 Å². The highest BCUT2D eigenvalue weighted by atomic mass is 16.1. The minimum atomic E-state index is -0.172. The number of benzene rings is 1. The average Bonchev–Trinajstić information content (AvgIpc) is 2.54. The van der Waals surface area contributed by atoms with Crippen LogP contribution in [0.25, 0.3) is 0 Å². The van der Waals surface area contributed by atoms with Gasteiger partial charge in [-0.1, -0.05) is 30.3 Å². The van der Waals surface area contributed by atoms with E-state index in [9.17, 15) is 4.79 Å². The van der Waals surface area contributed by atoms with Crippen molar-refractivity contribution < 1.29 is 4.79 Å². The molecule has 0 saturated carbocycles. The van der Waals surface area contributed by atoms with Crippen LogP contribution in [0, 0.1) is 0 Å². The molecule has 0 unspecified atom stereocenters. The summed E-state index contributed by atoms with van der Waals surface area (Å²) in [6.45, 7) is 0. The molecule has 0 aliphatic carbocycles. The number of rotatable bonds is 1. The molecule has 0 N–H and O–H groups in total. The first-order valence-corrected chi connectivity index (χ1v) is 3.72. The van der Waals surface area contributed by atoms with Gasteiger partial charge in [-0.15, -0.1) is 0 Å². The van der Waals surface area contributed by atoms with Crippen molar-refractivity contribution in [3.05, 3.63) is 48.0 Å². The summed E-state index contributed by atoms with van der Waals surface area (Å²) in [5.41, 5.74) is 1.74. The van der Waals surface area contributed by atoms with Gasteiger partial charge in [0.25, 0.3) is 5.91 Å². The second-order valence-corrected chi connectivity index (χ2v) is 2.53. The van der Waals surface area contributed by atoms with E-state index >= 15 is 0 Å². The molecule has 1 aliphatic heterocycles. The van der Waals surface area contributed by atoms with Crippen molar-refractivity contribution in [1.29, 1.82) is 0 Å². The first-order chi connectivity index (χ1) is 5.86. The maximum atomic E-state index is 10.8. The Balaban J connectivity index is 2.40. The Morgan fingerprint density at radius 3 is 2.33 bits per heavy atom. The highest BCUT2D eigenvalue weighted by Crippen LogP contribution is 2.06. The molecule has 1 aliphatic rings. The monoisotopic (exact) mass is 157 g/mol. The summed E-state index contributed by atoms with van der Waals surface area (Å²) in [6, 6.07) is 9.65. The number of nitrogens with zero attached hydrogens (tertiary/aromatic N) is 1. The molecule has 1 heterocycles. The Morgan fingerprint density at radius 2 is 1.75 bits per heavy atom. The number of hydrogen-bond acceptors (Lipinski definition) is 1. The van der Waals surface area contributed by atoms with Crippen LogP contribution in [0.1, 0.15) is 5.56 Å². The molecule has 1 amide bonds. The predicted molar refractivity (Wildman–Crippen MR) is 47.1 cm³/mol. The van der Waals surface area contributed by atoms with Gasteiger partial charge in [-0.05, 0) is 6.08 Å². The van der Waals surface area contributed by atoms with E-state index < -0.39 is 0 Å². The van der Waals surface area contributed by atoms with Crippen LogP contribution in [0.4, 0.5) is 0 Å². The number of amides is 1. The summed E-state index contributed by atoms with van der Waals surface area (Å²) < 4.78 is 0. The molecule has 0 radical (unpaired) electrons. The van der Waals surface area contributed by atoms with Gasteiger partial charge in [0.15, 0.2) is 0 Å². The molecule has 1 aromatic carbocycles. The molecule has 0 saturated heterocycles. The molecule has 0 aromatic heterocycles. The fourth-order valence-corrected chi connectivity index (χ4v) is 1.11. The second kappa shape index (κ2) is 2.74. The lowest BCUT2D eigenvalue weighted by Gasteiger charge is -1.94. The van der Waals surface area contributed by atoms with E-state index in [-0.39, 0.29) is 5.91 Å². The third-order valence-electron chi connectivity index (χ3n) is 1.68. The number of aliphatic imine (C=N–C) groups is 1. The van der Waals surface area contributed by atoms with Crippen molar-refractivity contribution in [2.75, 3.05) is 0 Å². The van der Waals surface area contributed by atoms with E-state index in [0.717, 1.165) is 11.3 Å². The molecule has 58 valence electrons. The van der Waals surface area contributed by atoms with Crippen LogP contribution >= 0.6 is 0 Å². The molecule has 0 spiro atoms. The zero-order valence-corrected chi connectivity index (χ0v) is 6.40. The standard InChI is InChI=1S/C10H7NO/c12-10-7-6-9(11-10)8-4-2-1-3-5-8/h1-7H. The molecule has 0 bridgehead atoms. The lowest BCUT2D eigenvalue weighted by atomic mass is 10.1. The van der Waals surface area contributed by atoms with Crippen molar-refractivity contribution in [1.82, 2.24) is 0 Å². The molecule has 0 fully saturated rings. The number of carbonyl (C=O) groups is 1. The first kappa shape index (κ1) is 6.98. The highest BCUT2D eigenvalue weighted by Gasteiger charge is 2.07. The Bertz CT molecular complexity index is 363. The Hall–Kier alpha value is -1.70. The van der Waals surface area contributed by atoms with Gasteiger partial charge in [0.2, 0.25) is 0 Å². The minimum absolute atomic E-state index is 0.172. The van der Waals surface area contributed by atoms with Crippen LogP contribution in [-0.2, 0) is 4.79 Å². The van der Waals surface area contributed by atoms with Crippen molar-refractivity contribution >= 4 is 11.6 Å². The summed E-state index contributed by atoms with van der Waals surface area (Å²) in [5, 5.41) is 0. The SMILES string of the molecule is O=C1C=CC(c2ccccc2)=N1. The van der Waals surface area contributed by atoms with Crippen LogP contribution < -0.4 is 0 Å². The first-order valence-electron chi connectivity index (χ1n) is 3.72. The van der Waals surface area contributed by atoms with Gasteiger partial charge in [0, 0.05) is 11.6 Å². The van der Waals surface area contributed by atoms with Crippen LogP contribution in [0.2, 0.25) is 0 Å². The quantitative estimate of drug-likeness (QED) is 0.608. The van der Waals surface area contributed by atoms with Gasteiger partial charge in [-0.2, -0.15) is 0 Å². The summed E-state index contributed by atoms with van der Waals surface area (Å²) in [5.74, 6) is -0.172. The maximum absolute atomic E-state index is 10.8. The highest BCUT2D eigenvalue weighted by molar-refractivity contribution is 6.20. The van der Waals surface area contributed by atoms with E-state index in [4.69, 9.17) is 0 Å². The molecule has 0 atom stereocenters. The zero-order chi connectivity index (χ0) is 8.39. The van der Waals surface area contributed by atoms with Crippen molar-refractivity contribution in [2.24, 2.45) is 4.99 Å². The van der Waals surface area contributed by atoms with Gasteiger partial charge < -0.3 is 0 Å². The smallest absolute Gasteiger partial charge is 0.267 e. The molecule has 12 heavy (non-hydrogen) atoms. The van der Waals surface area contributed by atoms with Crippen molar-refractivity contribution in [3.8, 4) is 0 Å². The van der Waals surface area contributed by atoms with E-state index in [1.807, 2.05) is 30.3 Å². The van der Waals surface area contributed by atoms with Crippen LogP contribution in [0.15, 0.2) is 47.5 Å². The minimum Gasteiger partial charge on any atom is -0.267 e. The summed E-state index contributed by atoms with van der Waals surface area (Å²) in [6.07, 6.45) is 3.21. The summed E-state index contributed by atoms with van der Waals surface area (Å²) >= 11 is 0. The fourth-order valence-electron chi connectivity index (χ4n) is 1.11. The Kier molecular flexibility index (Phi) is 1.59. The van der Waals surface area contributed by atoms with Crippen molar-refractivity contribution in [2.45, 2.75) is 0 Å².